The Morgan fingerprint density at radius 3 is 2.41 bits per heavy atom. The van der Waals surface area contributed by atoms with E-state index < -0.39 is 0 Å². The Balaban J connectivity index is 3.18. The number of Topliss-reactive ketones (excluding diaryl/α,β-unsaturated/α-hetero) is 1. The van der Waals surface area contributed by atoms with E-state index >= 15 is 0 Å². The number of ether oxygens (including phenoxy) is 2. The molecule has 1 rings (SSSR count). The summed E-state index contributed by atoms with van der Waals surface area (Å²) in [6.45, 7) is 3.90. The first-order valence-electron chi connectivity index (χ1n) is 5.47. The van der Waals surface area contributed by atoms with Gasteiger partial charge in [0.05, 0.1) is 14.2 Å². The third kappa shape index (κ3) is 3.12. The molecule has 0 unspecified atom stereocenters. The maximum atomic E-state index is 12.0. The van der Waals surface area contributed by atoms with Crippen LogP contribution >= 0.6 is 0 Å². The highest BCUT2D eigenvalue weighted by molar-refractivity contribution is 6.01. The number of benzene rings is 1. The molecule has 0 aliphatic rings. The summed E-state index contributed by atoms with van der Waals surface area (Å²) in [6, 6.07) is 3.00. The lowest BCUT2D eigenvalue weighted by atomic mass is 9.99. The number of phenolic OH excluding ortho intramolecular Hbond substituents is 1. The molecule has 0 aromatic heterocycles. The Morgan fingerprint density at radius 1 is 1.29 bits per heavy atom. The largest absolute Gasteiger partial charge is 0.507 e. The highest BCUT2D eigenvalue weighted by Crippen LogP contribution is 2.34. The third-order valence-corrected chi connectivity index (χ3v) is 2.38. The fraction of sp³-hybridized carbons (Fsp3) is 0.462. The lowest BCUT2D eigenvalue weighted by molar-refractivity contribution is 0.0962. The summed E-state index contributed by atoms with van der Waals surface area (Å²) in [5.74, 6) is 0.797. The van der Waals surface area contributed by atoms with Crippen molar-refractivity contribution in [3.63, 3.8) is 0 Å². The van der Waals surface area contributed by atoms with Crippen LogP contribution in [-0.2, 0) is 0 Å². The molecule has 0 fully saturated rings. The first-order valence-corrected chi connectivity index (χ1v) is 5.47. The summed E-state index contributed by atoms with van der Waals surface area (Å²) < 4.78 is 10.1. The van der Waals surface area contributed by atoms with Gasteiger partial charge in [-0.2, -0.15) is 0 Å². The highest BCUT2D eigenvalue weighted by Gasteiger charge is 2.19. The van der Waals surface area contributed by atoms with Gasteiger partial charge in [-0.1, -0.05) is 13.8 Å². The molecule has 0 spiro atoms. The molecule has 0 aliphatic heterocycles. The van der Waals surface area contributed by atoms with Gasteiger partial charge >= 0.3 is 0 Å². The van der Waals surface area contributed by atoms with E-state index in [0.29, 0.717) is 17.9 Å². The molecular weight excluding hydrogens is 220 g/mol. The molecule has 0 aliphatic carbocycles. The molecule has 0 amide bonds. The SMILES string of the molecule is COc1cc(O)c(C(=O)CC(C)C)c(OC)c1. The monoisotopic (exact) mass is 238 g/mol. The van der Waals surface area contributed by atoms with Crippen LogP contribution < -0.4 is 9.47 Å². The summed E-state index contributed by atoms with van der Waals surface area (Å²) in [5, 5.41) is 9.84. The molecule has 4 nitrogen and oxygen atoms in total. The molecule has 0 saturated carbocycles. The lowest BCUT2D eigenvalue weighted by Crippen LogP contribution is -2.06. The molecule has 94 valence electrons. The zero-order chi connectivity index (χ0) is 13.0. The summed E-state index contributed by atoms with van der Waals surface area (Å²) in [5.41, 5.74) is 0.224. The van der Waals surface area contributed by atoms with Crippen molar-refractivity contribution in [1.82, 2.24) is 0 Å². The van der Waals surface area contributed by atoms with Gasteiger partial charge in [-0.25, -0.2) is 0 Å². The minimum Gasteiger partial charge on any atom is -0.507 e. The zero-order valence-corrected chi connectivity index (χ0v) is 10.6. The van der Waals surface area contributed by atoms with Crippen LogP contribution in [0.5, 0.6) is 17.2 Å². The Labute approximate surface area is 101 Å². The second kappa shape index (κ2) is 5.57. The number of phenols is 1. The van der Waals surface area contributed by atoms with Gasteiger partial charge in [0.1, 0.15) is 22.8 Å². The maximum absolute atomic E-state index is 12.0. The number of carbonyl (C=O) groups excluding carboxylic acids is 1. The minimum atomic E-state index is -0.128. The fourth-order valence-electron chi connectivity index (χ4n) is 1.61. The number of hydrogen-bond donors (Lipinski definition) is 1. The van der Waals surface area contributed by atoms with Crippen LogP contribution in [0.1, 0.15) is 30.6 Å². The molecule has 0 saturated heterocycles. The molecule has 1 aromatic rings. The van der Waals surface area contributed by atoms with Gasteiger partial charge in [0, 0.05) is 18.6 Å². The Kier molecular flexibility index (Phi) is 4.37. The smallest absolute Gasteiger partial charge is 0.170 e. The first-order chi connectivity index (χ1) is 7.99. The number of carbonyl (C=O) groups is 1. The van der Waals surface area contributed by atoms with Crippen molar-refractivity contribution in [2.24, 2.45) is 5.92 Å². The third-order valence-electron chi connectivity index (χ3n) is 2.38. The summed E-state index contributed by atoms with van der Waals surface area (Å²) in [7, 11) is 2.95. The van der Waals surface area contributed by atoms with Gasteiger partial charge in [-0.05, 0) is 5.92 Å². The van der Waals surface area contributed by atoms with E-state index in [0.717, 1.165) is 0 Å². The molecule has 1 N–H and O–H groups in total. The van der Waals surface area contributed by atoms with Crippen LogP contribution in [0.4, 0.5) is 0 Å². The predicted octanol–water partition coefficient (Wildman–Crippen LogP) is 2.64. The Bertz CT molecular complexity index is 410. The number of aromatic hydroxyl groups is 1. The van der Waals surface area contributed by atoms with E-state index in [1.165, 1.54) is 20.3 Å². The Hall–Kier alpha value is -1.71. The van der Waals surface area contributed by atoms with Gasteiger partial charge in [-0.15, -0.1) is 0 Å². The quantitative estimate of drug-likeness (QED) is 0.801. The molecule has 0 atom stereocenters. The van der Waals surface area contributed by atoms with Gasteiger partial charge in [-0.3, -0.25) is 4.79 Å². The lowest BCUT2D eigenvalue weighted by Gasteiger charge is -2.12. The average molecular weight is 238 g/mol. The number of methoxy groups -OCH3 is 2. The van der Waals surface area contributed by atoms with Crippen molar-refractivity contribution in [3.8, 4) is 17.2 Å². The summed E-state index contributed by atoms with van der Waals surface area (Å²) in [4.78, 5) is 12.0. The fourth-order valence-corrected chi connectivity index (χ4v) is 1.61. The molecule has 4 heteroatoms. The van der Waals surface area contributed by atoms with E-state index in [4.69, 9.17) is 9.47 Å². The summed E-state index contributed by atoms with van der Waals surface area (Å²) >= 11 is 0. The zero-order valence-electron chi connectivity index (χ0n) is 10.6. The molecule has 0 bridgehead atoms. The molecule has 1 aromatic carbocycles. The maximum Gasteiger partial charge on any atom is 0.170 e. The van der Waals surface area contributed by atoms with Crippen molar-refractivity contribution >= 4 is 5.78 Å². The second-order valence-corrected chi connectivity index (χ2v) is 4.24. The van der Waals surface area contributed by atoms with Crippen LogP contribution in [0.25, 0.3) is 0 Å². The van der Waals surface area contributed by atoms with Gasteiger partial charge < -0.3 is 14.6 Å². The molecular formula is C13H18O4. The molecule has 0 radical (unpaired) electrons. The normalized spacial score (nSPS) is 10.4. The van der Waals surface area contributed by atoms with Crippen LogP contribution in [-0.4, -0.2) is 25.1 Å². The second-order valence-electron chi connectivity index (χ2n) is 4.24. The van der Waals surface area contributed by atoms with Gasteiger partial charge in [0.25, 0.3) is 0 Å². The van der Waals surface area contributed by atoms with Crippen molar-refractivity contribution in [3.05, 3.63) is 17.7 Å². The van der Waals surface area contributed by atoms with Crippen LogP contribution in [0, 0.1) is 5.92 Å². The first kappa shape index (κ1) is 13.4. The number of ketones is 1. The van der Waals surface area contributed by atoms with E-state index in [-0.39, 0.29) is 23.0 Å². The minimum absolute atomic E-state index is 0.105. The van der Waals surface area contributed by atoms with Crippen LogP contribution in [0.3, 0.4) is 0 Å². The predicted molar refractivity (Wildman–Crippen MR) is 65.0 cm³/mol. The van der Waals surface area contributed by atoms with Gasteiger partial charge in [0.15, 0.2) is 5.78 Å². The highest BCUT2D eigenvalue weighted by atomic mass is 16.5. The molecule has 0 heterocycles. The summed E-state index contributed by atoms with van der Waals surface area (Å²) in [6.07, 6.45) is 0.371. The van der Waals surface area contributed by atoms with E-state index in [9.17, 15) is 9.90 Å². The topological polar surface area (TPSA) is 55.8 Å². The van der Waals surface area contributed by atoms with Crippen molar-refractivity contribution in [2.45, 2.75) is 20.3 Å². The van der Waals surface area contributed by atoms with E-state index in [1.807, 2.05) is 13.8 Å². The number of rotatable bonds is 5. The van der Waals surface area contributed by atoms with Gasteiger partial charge in [0.2, 0.25) is 0 Å². The number of hydrogen-bond acceptors (Lipinski definition) is 4. The average Bonchev–Trinajstić information content (AvgIpc) is 2.26. The van der Waals surface area contributed by atoms with Crippen LogP contribution in [0.2, 0.25) is 0 Å². The van der Waals surface area contributed by atoms with Crippen molar-refractivity contribution in [2.75, 3.05) is 14.2 Å². The van der Waals surface area contributed by atoms with E-state index in [2.05, 4.69) is 0 Å². The van der Waals surface area contributed by atoms with Crippen LogP contribution in [0.15, 0.2) is 12.1 Å². The Morgan fingerprint density at radius 2 is 1.94 bits per heavy atom. The van der Waals surface area contributed by atoms with Crippen molar-refractivity contribution in [1.29, 1.82) is 0 Å². The molecule has 17 heavy (non-hydrogen) atoms. The van der Waals surface area contributed by atoms with E-state index in [1.54, 1.807) is 6.07 Å². The standard InChI is InChI=1S/C13H18O4/c1-8(2)5-10(14)13-11(15)6-9(16-3)7-12(13)17-4/h6-8,15H,5H2,1-4H3. The van der Waals surface area contributed by atoms with Crippen molar-refractivity contribution < 1.29 is 19.4 Å².